The lowest BCUT2D eigenvalue weighted by atomic mass is 9.67. The van der Waals surface area contributed by atoms with Crippen LogP contribution < -0.4 is 5.32 Å². The minimum Gasteiger partial charge on any atom is -0.353 e. The van der Waals surface area contributed by atoms with E-state index in [0.29, 0.717) is 23.2 Å². The van der Waals surface area contributed by atoms with Crippen molar-refractivity contribution < 1.29 is 4.79 Å². The van der Waals surface area contributed by atoms with E-state index < -0.39 is 0 Å². The van der Waals surface area contributed by atoms with Gasteiger partial charge in [0.15, 0.2) is 0 Å². The molecule has 3 aliphatic carbocycles. The highest BCUT2D eigenvalue weighted by atomic mass is 35.5. The lowest BCUT2D eigenvalue weighted by Crippen LogP contribution is -2.43. The van der Waals surface area contributed by atoms with Gasteiger partial charge in [0, 0.05) is 17.3 Å². The fourth-order valence-corrected chi connectivity index (χ4v) is 4.88. The average molecular weight is 298 g/mol. The van der Waals surface area contributed by atoms with Crippen molar-refractivity contribution in [1.82, 2.24) is 5.32 Å². The summed E-state index contributed by atoms with van der Waals surface area (Å²) in [5, 5.41) is 3.64. The molecule has 0 spiro atoms. The van der Waals surface area contributed by atoms with E-state index in [1.165, 1.54) is 32.1 Å². The second kappa shape index (κ2) is 6.68. The molecular weight excluding hydrogens is 270 g/mol. The molecule has 0 bridgehead atoms. The molecule has 1 amide bonds. The van der Waals surface area contributed by atoms with Gasteiger partial charge >= 0.3 is 0 Å². The molecule has 3 fully saturated rings. The Morgan fingerprint density at radius 3 is 2.30 bits per heavy atom. The molecule has 114 valence electrons. The SMILES string of the molecule is O=C(NC1CCC(Cl)CC1)C1CCC2CCCCC2C1. The quantitative estimate of drug-likeness (QED) is 0.758. The lowest BCUT2D eigenvalue weighted by Gasteiger charge is -2.39. The molecule has 3 aliphatic rings. The minimum absolute atomic E-state index is 0.295. The van der Waals surface area contributed by atoms with Gasteiger partial charge in [-0.25, -0.2) is 0 Å². The second-order valence-electron chi connectivity index (χ2n) is 7.27. The van der Waals surface area contributed by atoms with Crippen LogP contribution in [0.5, 0.6) is 0 Å². The lowest BCUT2D eigenvalue weighted by molar-refractivity contribution is -0.128. The first-order valence-electron chi connectivity index (χ1n) is 8.67. The van der Waals surface area contributed by atoms with Crippen LogP contribution in [0.4, 0.5) is 0 Å². The highest BCUT2D eigenvalue weighted by molar-refractivity contribution is 6.20. The zero-order chi connectivity index (χ0) is 13.9. The molecule has 3 heteroatoms. The first-order valence-corrected chi connectivity index (χ1v) is 9.10. The molecule has 0 heterocycles. The Bertz CT molecular complexity index is 338. The van der Waals surface area contributed by atoms with E-state index in [2.05, 4.69) is 5.32 Å². The standard InChI is InChI=1S/C17H28ClNO/c18-15-7-9-16(10-8-15)19-17(20)14-6-5-12-3-1-2-4-13(12)11-14/h12-16H,1-11H2,(H,19,20). The number of fused-ring (bicyclic) bond motifs is 1. The Morgan fingerprint density at radius 2 is 1.55 bits per heavy atom. The Morgan fingerprint density at radius 1 is 0.850 bits per heavy atom. The number of rotatable bonds is 2. The number of carbonyl (C=O) groups is 1. The molecule has 1 N–H and O–H groups in total. The summed E-state index contributed by atoms with van der Waals surface area (Å²) in [5.74, 6) is 2.40. The van der Waals surface area contributed by atoms with Gasteiger partial charge in [-0.2, -0.15) is 0 Å². The van der Waals surface area contributed by atoms with Gasteiger partial charge in [0.25, 0.3) is 0 Å². The van der Waals surface area contributed by atoms with Crippen molar-refractivity contribution >= 4 is 17.5 Å². The van der Waals surface area contributed by atoms with Gasteiger partial charge in [0.05, 0.1) is 0 Å². The molecule has 3 unspecified atom stereocenters. The highest BCUT2D eigenvalue weighted by Gasteiger charge is 2.35. The van der Waals surface area contributed by atoms with Crippen molar-refractivity contribution in [1.29, 1.82) is 0 Å². The fraction of sp³-hybridized carbons (Fsp3) is 0.941. The molecule has 0 saturated heterocycles. The van der Waals surface area contributed by atoms with E-state index in [9.17, 15) is 4.79 Å². The van der Waals surface area contributed by atoms with Crippen molar-refractivity contribution in [3.05, 3.63) is 0 Å². The number of alkyl halides is 1. The molecule has 3 saturated carbocycles. The fourth-order valence-electron chi connectivity index (χ4n) is 4.63. The van der Waals surface area contributed by atoms with Gasteiger partial charge in [-0.15, -0.1) is 11.6 Å². The summed E-state index contributed by atoms with van der Waals surface area (Å²) in [4.78, 5) is 12.5. The third kappa shape index (κ3) is 3.50. The van der Waals surface area contributed by atoms with Gasteiger partial charge in [0.1, 0.15) is 0 Å². The minimum atomic E-state index is 0.295. The highest BCUT2D eigenvalue weighted by Crippen LogP contribution is 2.42. The number of halogens is 1. The molecule has 0 aliphatic heterocycles. The van der Waals surface area contributed by atoms with E-state index in [1.54, 1.807) is 0 Å². The largest absolute Gasteiger partial charge is 0.353 e. The van der Waals surface area contributed by atoms with Gasteiger partial charge < -0.3 is 5.32 Å². The number of hydrogen-bond acceptors (Lipinski definition) is 1. The van der Waals surface area contributed by atoms with Crippen molar-refractivity contribution in [2.75, 3.05) is 0 Å². The number of carbonyl (C=O) groups excluding carboxylic acids is 1. The topological polar surface area (TPSA) is 29.1 Å². The molecular formula is C17H28ClNO. The number of nitrogens with one attached hydrogen (secondary N) is 1. The average Bonchev–Trinajstić information content (AvgIpc) is 2.49. The smallest absolute Gasteiger partial charge is 0.223 e. The van der Waals surface area contributed by atoms with Crippen LogP contribution in [0.15, 0.2) is 0 Å². The Kier molecular flexibility index (Phi) is 4.91. The summed E-state index contributed by atoms with van der Waals surface area (Å²) in [6.07, 6.45) is 13.4. The monoisotopic (exact) mass is 297 g/mol. The Hall–Kier alpha value is -0.240. The third-order valence-electron chi connectivity index (χ3n) is 5.91. The predicted molar refractivity (Wildman–Crippen MR) is 82.8 cm³/mol. The predicted octanol–water partition coefficient (Wildman–Crippen LogP) is 4.26. The summed E-state index contributed by atoms with van der Waals surface area (Å²) in [6.45, 7) is 0. The van der Waals surface area contributed by atoms with Crippen LogP contribution in [0.1, 0.15) is 70.6 Å². The van der Waals surface area contributed by atoms with E-state index in [4.69, 9.17) is 11.6 Å². The van der Waals surface area contributed by atoms with Crippen LogP contribution in [-0.4, -0.2) is 17.3 Å². The van der Waals surface area contributed by atoms with E-state index in [0.717, 1.165) is 50.4 Å². The Labute approximate surface area is 128 Å². The van der Waals surface area contributed by atoms with Gasteiger partial charge in [-0.3, -0.25) is 4.79 Å². The van der Waals surface area contributed by atoms with Crippen molar-refractivity contribution in [2.24, 2.45) is 17.8 Å². The maximum atomic E-state index is 12.5. The molecule has 3 rings (SSSR count). The van der Waals surface area contributed by atoms with Crippen LogP contribution in [0.2, 0.25) is 0 Å². The maximum absolute atomic E-state index is 12.5. The van der Waals surface area contributed by atoms with Crippen molar-refractivity contribution in [3.8, 4) is 0 Å². The molecule has 20 heavy (non-hydrogen) atoms. The van der Waals surface area contributed by atoms with E-state index >= 15 is 0 Å². The van der Waals surface area contributed by atoms with Gasteiger partial charge in [0.2, 0.25) is 5.91 Å². The van der Waals surface area contributed by atoms with E-state index in [-0.39, 0.29) is 0 Å². The maximum Gasteiger partial charge on any atom is 0.223 e. The van der Waals surface area contributed by atoms with Crippen LogP contribution in [0.3, 0.4) is 0 Å². The van der Waals surface area contributed by atoms with Crippen molar-refractivity contribution in [3.63, 3.8) is 0 Å². The molecule has 0 aromatic heterocycles. The zero-order valence-electron chi connectivity index (χ0n) is 12.5. The van der Waals surface area contributed by atoms with E-state index in [1.807, 2.05) is 0 Å². The molecule has 0 aromatic rings. The second-order valence-corrected chi connectivity index (χ2v) is 7.89. The van der Waals surface area contributed by atoms with Crippen LogP contribution in [0.25, 0.3) is 0 Å². The van der Waals surface area contributed by atoms with Gasteiger partial charge in [-0.05, 0) is 56.8 Å². The zero-order valence-corrected chi connectivity index (χ0v) is 13.2. The van der Waals surface area contributed by atoms with Crippen molar-refractivity contribution in [2.45, 2.75) is 82.0 Å². The number of amides is 1. The first-order chi connectivity index (χ1) is 9.72. The van der Waals surface area contributed by atoms with Crippen LogP contribution in [-0.2, 0) is 4.79 Å². The molecule has 2 nitrogen and oxygen atoms in total. The van der Waals surface area contributed by atoms with Crippen LogP contribution >= 0.6 is 11.6 Å². The van der Waals surface area contributed by atoms with Gasteiger partial charge in [-0.1, -0.05) is 25.7 Å². The summed E-state index contributed by atoms with van der Waals surface area (Å²) < 4.78 is 0. The molecule has 3 atom stereocenters. The summed E-state index contributed by atoms with van der Waals surface area (Å²) >= 11 is 6.13. The molecule has 0 radical (unpaired) electrons. The Balaban J connectivity index is 1.47. The molecule has 0 aromatic carbocycles. The number of hydrogen-bond donors (Lipinski definition) is 1. The first kappa shape index (κ1) is 14.7. The van der Waals surface area contributed by atoms with Crippen LogP contribution in [0, 0.1) is 17.8 Å². The summed E-state index contributed by atoms with van der Waals surface area (Å²) in [6, 6.07) is 0.390. The normalized spacial score (nSPS) is 41.8. The third-order valence-corrected chi connectivity index (χ3v) is 6.35. The summed E-state index contributed by atoms with van der Waals surface area (Å²) in [5.41, 5.74) is 0. The summed E-state index contributed by atoms with van der Waals surface area (Å²) in [7, 11) is 0.